The van der Waals surface area contributed by atoms with Crippen molar-refractivity contribution in [2.24, 2.45) is 23.2 Å². The van der Waals surface area contributed by atoms with E-state index in [1.807, 2.05) is 0 Å². The Morgan fingerprint density at radius 1 is 0.941 bits per heavy atom. The van der Waals surface area contributed by atoms with Crippen LogP contribution in [-0.2, 0) is 0 Å². The molecule has 0 aromatic heterocycles. The number of rotatable bonds is 2. The van der Waals surface area contributed by atoms with Crippen molar-refractivity contribution in [1.82, 2.24) is 0 Å². The molecule has 2 aliphatic rings. The quantitative estimate of drug-likeness (QED) is 0.432. The summed E-state index contributed by atoms with van der Waals surface area (Å²) in [4.78, 5) is 0. The van der Waals surface area contributed by atoms with Crippen LogP contribution >= 0.6 is 0 Å². The number of hydrogen-bond acceptors (Lipinski definition) is 0. The highest BCUT2D eigenvalue weighted by Gasteiger charge is 2.32. The van der Waals surface area contributed by atoms with Gasteiger partial charge in [0.15, 0.2) is 0 Å². The second-order valence-corrected chi connectivity index (χ2v) is 7.07. The molecule has 0 N–H and O–H groups in total. The van der Waals surface area contributed by atoms with Crippen LogP contribution in [0.4, 0.5) is 0 Å². The van der Waals surface area contributed by atoms with E-state index in [2.05, 4.69) is 26.5 Å². The SMILES string of the molecule is C=CC1(C)CCC(C2CCCC(C)CC2)CC1. The van der Waals surface area contributed by atoms with E-state index in [0.29, 0.717) is 5.41 Å². The summed E-state index contributed by atoms with van der Waals surface area (Å²) < 4.78 is 0. The molecular weight excluding hydrogens is 204 g/mol. The first-order valence-corrected chi connectivity index (χ1v) is 7.76. The summed E-state index contributed by atoms with van der Waals surface area (Å²) >= 11 is 0. The van der Waals surface area contributed by atoms with Crippen LogP contribution in [-0.4, -0.2) is 0 Å². The van der Waals surface area contributed by atoms with Gasteiger partial charge in [-0.3, -0.25) is 0 Å². The molecule has 2 rings (SSSR count). The van der Waals surface area contributed by atoms with Crippen LogP contribution in [0, 0.1) is 23.2 Å². The summed E-state index contributed by atoms with van der Waals surface area (Å²) in [6.07, 6.45) is 15.4. The summed E-state index contributed by atoms with van der Waals surface area (Å²) in [6.45, 7) is 8.86. The Kier molecular flexibility index (Phi) is 4.33. The van der Waals surface area contributed by atoms with Crippen LogP contribution < -0.4 is 0 Å². The molecule has 0 bridgehead atoms. The fourth-order valence-electron chi connectivity index (χ4n) is 3.96. The van der Waals surface area contributed by atoms with Gasteiger partial charge in [-0.1, -0.05) is 45.6 Å². The first-order valence-electron chi connectivity index (χ1n) is 7.76. The molecule has 0 amide bonds. The predicted octanol–water partition coefficient (Wildman–Crippen LogP) is 5.59. The molecule has 0 radical (unpaired) electrons. The van der Waals surface area contributed by atoms with Gasteiger partial charge in [-0.2, -0.15) is 0 Å². The van der Waals surface area contributed by atoms with Crippen LogP contribution in [0.5, 0.6) is 0 Å². The van der Waals surface area contributed by atoms with Crippen molar-refractivity contribution in [3.63, 3.8) is 0 Å². The maximum absolute atomic E-state index is 4.02. The Morgan fingerprint density at radius 3 is 2.24 bits per heavy atom. The molecule has 2 unspecified atom stereocenters. The lowest BCUT2D eigenvalue weighted by Gasteiger charge is -2.38. The van der Waals surface area contributed by atoms with Crippen LogP contribution in [0.15, 0.2) is 12.7 Å². The van der Waals surface area contributed by atoms with E-state index >= 15 is 0 Å². The van der Waals surface area contributed by atoms with Gasteiger partial charge < -0.3 is 0 Å². The van der Waals surface area contributed by atoms with E-state index in [-0.39, 0.29) is 0 Å². The van der Waals surface area contributed by atoms with E-state index in [4.69, 9.17) is 0 Å². The van der Waals surface area contributed by atoms with Gasteiger partial charge in [-0.15, -0.1) is 6.58 Å². The van der Waals surface area contributed by atoms with E-state index in [1.165, 1.54) is 57.8 Å². The van der Waals surface area contributed by atoms with Crippen molar-refractivity contribution >= 4 is 0 Å². The molecule has 17 heavy (non-hydrogen) atoms. The molecule has 0 nitrogen and oxygen atoms in total. The van der Waals surface area contributed by atoms with Gasteiger partial charge in [0.05, 0.1) is 0 Å². The topological polar surface area (TPSA) is 0 Å². The van der Waals surface area contributed by atoms with Crippen molar-refractivity contribution in [2.75, 3.05) is 0 Å². The Bertz CT molecular complexity index is 245. The second-order valence-electron chi connectivity index (χ2n) is 7.07. The Morgan fingerprint density at radius 2 is 1.59 bits per heavy atom. The average Bonchev–Trinajstić information content (AvgIpc) is 2.55. The van der Waals surface area contributed by atoms with Gasteiger partial charge in [-0.05, 0) is 55.3 Å². The lowest BCUT2D eigenvalue weighted by molar-refractivity contribution is 0.158. The molecule has 2 atom stereocenters. The zero-order chi connectivity index (χ0) is 12.3. The fraction of sp³-hybridized carbons (Fsp3) is 0.882. The van der Waals surface area contributed by atoms with Gasteiger partial charge in [0, 0.05) is 0 Å². The minimum absolute atomic E-state index is 0.453. The summed E-state index contributed by atoms with van der Waals surface area (Å²) in [5.41, 5.74) is 0.453. The summed E-state index contributed by atoms with van der Waals surface area (Å²) in [5.74, 6) is 3.07. The molecule has 0 saturated heterocycles. The normalized spacial score (nSPS) is 44.0. The van der Waals surface area contributed by atoms with Crippen LogP contribution in [0.3, 0.4) is 0 Å². The third kappa shape index (κ3) is 3.36. The first-order chi connectivity index (χ1) is 8.13. The molecule has 98 valence electrons. The Balaban J connectivity index is 1.85. The van der Waals surface area contributed by atoms with Crippen molar-refractivity contribution in [2.45, 2.75) is 71.6 Å². The number of hydrogen-bond donors (Lipinski definition) is 0. The molecule has 0 heterocycles. The highest BCUT2D eigenvalue weighted by Crippen LogP contribution is 2.45. The van der Waals surface area contributed by atoms with E-state index < -0.39 is 0 Å². The van der Waals surface area contributed by atoms with E-state index in [0.717, 1.165) is 17.8 Å². The molecule has 2 fully saturated rings. The number of allylic oxidation sites excluding steroid dienone is 1. The smallest absolute Gasteiger partial charge is 0.0149 e. The summed E-state index contributed by atoms with van der Waals surface area (Å²) in [5, 5.41) is 0. The molecule has 0 aromatic carbocycles. The summed E-state index contributed by atoms with van der Waals surface area (Å²) in [6, 6.07) is 0. The van der Waals surface area contributed by atoms with Gasteiger partial charge in [-0.25, -0.2) is 0 Å². The van der Waals surface area contributed by atoms with Crippen molar-refractivity contribution < 1.29 is 0 Å². The maximum Gasteiger partial charge on any atom is -0.0149 e. The fourth-order valence-corrected chi connectivity index (χ4v) is 3.96. The van der Waals surface area contributed by atoms with Crippen molar-refractivity contribution in [3.8, 4) is 0 Å². The molecule has 0 aliphatic heterocycles. The highest BCUT2D eigenvalue weighted by atomic mass is 14.4. The third-order valence-electron chi connectivity index (χ3n) is 5.63. The Labute approximate surface area is 108 Å². The molecule has 0 aromatic rings. The van der Waals surface area contributed by atoms with Gasteiger partial charge in [0.2, 0.25) is 0 Å². The second kappa shape index (κ2) is 5.59. The third-order valence-corrected chi connectivity index (χ3v) is 5.63. The zero-order valence-electron chi connectivity index (χ0n) is 11.9. The minimum Gasteiger partial charge on any atom is -0.103 e. The molecule has 2 aliphatic carbocycles. The molecule has 2 saturated carbocycles. The van der Waals surface area contributed by atoms with Crippen LogP contribution in [0.1, 0.15) is 71.6 Å². The predicted molar refractivity (Wildman–Crippen MR) is 76.0 cm³/mol. The van der Waals surface area contributed by atoms with Gasteiger partial charge in [0.1, 0.15) is 0 Å². The first kappa shape index (κ1) is 13.2. The maximum atomic E-state index is 4.02. The molecule has 0 spiro atoms. The summed E-state index contributed by atoms with van der Waals surface area (Å²) in [7, 11) is 0. The monoisotopic (exact) mass is 234 g/mol. The average molecular weight is 234 g/mol. The van der Waals surface area contributed by atoms with Gasteiger partial charge in [0.25, 0.3) is 0 Å². The lowest BCUT2D eigenvalue weighted by atomic mass is 9.67. The Hall–Kier alpha value is -0.260. The van der Waals surface area contributed by atoms with E-state index in [9.17, 15) is 0 Å². The van der Waals surface area contributed by atoms with E-state index in [1.54, 1.807) is 0 Å². The lowest BCUT2D eigenvalue weighted by Crippen LogP contribution is -2.26. The van der Waals surface area contributed by atoms with Crippen molar-refractivity contribution in [3.05, 3.63) is 12.7 Å². The van der Waals surface area contributed by atoms with Crippen LogP contribution in [0.25, 0.3) is 0 Å². The molecular formula is C17H30. The zero-order valence-corrected chi connectivity index (χ0v) is 11.9. The van der Waals surface area contributed by atoms with Crippen LogP contribution in [0.2, 0.25) is 0 Å². The van der Waals surface area contributed by atoms with Gasteiger partial charge >= 0.3 is 0 Å². The van der Waals surface area contributed by atoms with Crippen molar-refractivity contribution in [1.29, 1.82) is 0 Å². The highest BCUT2D eigenvalue weighted by molar-refractivity contribution is 4.95. The minimum atomic E-state index is 0.453. The standard InChI is InChI=1S/C17H30/c1-4-17(3)12-10-16(11-13-17)15-7-5-6-14(2)8-9-15/h4,14-16H,1,5-13H2,2-3H3. The molecule has 0 heteroatoms. The largest absolute Gasteiger partial charge is 0.103 e.